The van der Waals surface area contributed by atoms with Crippen molar-refractivity contribution < 1.29 is 4.39 Å². The predicted octanol–water partition coefficient (Wildman–Crippen LogP) is 3.24. The molecule has 10 nitrogen and oxygen atoms in total. The second-order valence-corrected chi connectivity index (χ2v) is 8.05. The predicted molar refractivity (Wildman–Crippen MR) is 133 cm³/mol. The molecule has 0 fully saturated rings. The van der Waals surface area contributed by atoms with Gasteiger partial charge < -0.3 is 11.1 Å². The molecule has 5 aromatic rings. The van der Waals surface area contributed by atoms with Crippen LogP contribution in [0.1, 0.15) is 30.0 Å². The number of nitrogens with two attached hydrogens (primary N) is 1. The first-order valence-electron chi connectivity index (χ1n) is 10.6. The lowest BCUT2D eigenvalue weighted by Crippen LogP contribution is -2.28. The van der Waals surface area contributed by atoms with Gasteiger partial charge in [0, 0.05) is 6.07 Å². The number of nitrogen functional groups attached to an aromatic ring is 1. The topological polar surface area (TPSA) is 140 Å². The van der Waals surface area contributed by atoms with Crippen molar-refractivity contribution in [3.8, 4) is 17.7 Å². The number of H-pyrrole nitrogens is 1. The van der Waals surface area contributed by atoms with Crippen molar-refractivity contribution in [1.82, 2.24) is 34.7 Å². The molecule has 4 aromatic heterocycles. The van der Waals surface area contributed by atoms with Gasteiger partial charge in [0.05, 0.1) is 34.4 Å². The molecule has 0 aliphatic carbocycles. The highest BCUT2D eigenvalue weighted by Gasteiger charge is 2.21. The Bertz CT molecular complexity index is 1690. The van der Waals surface area contributed by atoms with Crippen LogP contribution >= 0.6 is 11.6 Å². The highest BCUT2D eigenvalue weighted by Crippen LogP contribution is 2.25. The van der Waals surface area contributed by atoms with Gasteiger partial charge in [-0.3, -0.25) is 9.89 Å². The van der Waals surface area contributed by atoms with Crippen molar-refractivity contribution in [3.63, 3.8) is 0 Å². The van der Waals surface area contributed by atoms with Gasteiger partial charge in [-0.25, -0.2) is 28.9 Å². The quantitative estimate of drug-likeness (QED) is 0.319. The van der Waals surface area contributed by atoms with E-state index in [0.29, 0.717) is 39.3 Å². The first-order chi connectivity index (χ1) is 17.4. The van der Waals surface area contributed by atoms with Gasteiger partial charge in [0.2, 0.25) is 0 Å². The van der Waals surface area contributed by atoms with E-state index >= 15 is 0 Å². The van der Waals surface area contributed by atoms with Crippen LogP contribution in [0, 0.1) is 17.7 Å². The summed E-state index contributed by atoms with van der Waals surface area (Å²) in [7, 11) is 0. The molecular formula is C24H17ClFN9O. The van der Waals surface area contributed by atoms with Crippen molar-refractivity contribution >= 4 is 34.1 Å². The molecule has 0 aliphatic rings. The van der Waals surface area contributed by atoms with Gasteiger partial charge in [-0.15, -0.1) is 0 Å². The van der Waals surface area contributed by atoms with Gasteiger partial charge in [0.1, 0.15) is 46.7 Å². The summed E-state index contributed by atoms with van der Waals surface area (Å²) >= 11 is 6.32. The van der Waals surface area contributed by atoms with Crippen LogP contribution in [0.2, 0.25) is 5.02 Å². The third kappa shape index (κ3) is 4.33. The summed E-state index contributed by atoms with van der Waals surface area (Å²) in [4.78, 5) is 30.4. The lowest BCUT2D eigenvalue weighted by atomic mass is 10.2. The number of nitrogens with zero attached hydrogens (tertiary/aromatic N) is 6. The number of rotatable bonds is 4. The van der Waals surface area contributed by atoms with Crippen LogP contribution in [-0.4, -0.2) is 34.7 Å². The molecule has 0 aliphatic heterocycles. The average molecular weight is 502 g/mol. The van der Waals surface area contributed by atoms with Crippen molar-refractivity contribution in [3.05, 3.63) is 93.4 Å². The number of fused-ring (bicyclic) bond motifs is 1. The zero-order chi connectivity index (χ0) is 25.2. The van der Waals surface area contributed by atoms with E-state index < -0.39 is 11.9 Å². The number of hydrogen-bond acceptors (Lipinski definition) is 8. The molecule has 0 saturated carbocycles. The van der Waals surface area contributed by atoms with E-state index in [1.165, 1.54) is 29.2 Å². The van der Waals surface area contributed by atoms with E-state index in [2.05, 4.69) is 42.3 Å². The first-order valence-corrected chi connectivity index (χ1v) is 11.0. The maximum Gasteiger partial charge on any atom is 0.268 e. The summed E-state index contributed by atoms with van der Waals surface area (Å²) in [5.74, 6) is 6.51. The van der Waals surface area contributed by atoms with Gasteiger partial charge in [0.25, 0.3) is 5.56 Å². The number of aromatic amines is 1. The molecule has 0 amide bonds. The highest BCUT2D eigenvalue weighted by atomic mass is 35.5. The number of hydrogen-bond donors (Lipinski definition) is 3. The molecule has 0 radical (unpaired) electrons. The number of anilines is 2. The third-order valence-corrected chi connectivity index (χ3v) is 5.57. The van der Waals surface area contributed by atoms with E-state index in [1.807, 2.05) is 6.92 Å². The van der Waals surface area contributed by atoms with Gasteiger partial charge in [0.15, 0.2) is 0 Å². The fourth-order valence-corrected chi connectivity index (χ4v) is 3.83. The third-order valence-electron chi connectivity index (χ3n) is 5.26. The van der Waals surface area contributed by atoms with Crippen molar-refractivity contribution in [2.45, 2.75) is 13.0 Å². The first kappa shape index (κ1) is 22.9. The summed E-state index contributed by atoms with van der Waals surface area (Å²) in [5, 5.41) is 10.6. The highest BCUT2D eigenvalue weighted by molar-refractivity contribution is 6.35. The number of aromatic nitrogens is 7. The molecule has 0 bridgehead atoms. The van der Waals surface area contributed by atoms with E-state index in [0.717, 1.165) is 6.20 Å². The van der Waals surface area contributed by atoms with Crippen LogP contribution in [0.3, 0.4) is 0 Å². The minimum absolute atomic E-state index is 0.138. The molecule has 5 rings (SSSR count). The number of nitrogens with one attached hydrogen (secondary N) is 2. The zero-order valence-corrected chi connectivity index (χ0v) is 19.5. The molecule has 1 aromatic carbocycles. The minimum Gasteiger partial charge on any atom is -0.382 e. The van der Waals surface area contributed by atoms with Crippen molar-refractivity contribution in [2.75, 3.05) is 11.1 Å². The Morgan fingerprint density at radius 1 is 1.17 bits per heavy atom. The van der Waals surface area contributed by atoms with E-state index in [-0.39, 0.29) is 16.8 Å². The van der Waals surface area contributed by atoms with Crippen LogP contribution in [0.5, 0.6) is 0 Å². The Kier molecular flexibility index (Phi) is 6.02. The lowest BCUT2D eigenvalue weighted by Gasteiger charge is -2.20. The summed E-state index contributed by atoms with van der Waals surface area (Å²) in [6.45, 7) is 1.81. The molecule has 4 heterocycles. The van der Waals surface area contributed by atoms with Crippen LogP contribution in [-0.2, 0) is 0 Å². The van der Waals surface area contributed by atoms with Crippen LogP contribution in [0.15, 0.2) is 59.9 Å². The molecule has 0 saturated heterocycles. The van der Waals surface area contributed by atoms with E-state index in [1.54, 1.807) is 24.3 Å². The van der Waals surface area contributed by atoms with Crippen LogP contribution in [0.25, 0.3) is 16.7 Å². The number of pyridine rings is 1. The molecule has 36 heavy (non-hydrogen) atoms. The second-order valence-electron chi connectivity index (χ2n) is 7.65. The molecule has 0 unspecified atom stereocenters. The van der Waals surface area contributed by atoms with Gasteiger partial charge in [-0.2, -0.15) is 5.10 Å². The Balaban J connectivity index is 1.59. The Morgan fingerprint density at radius 3 is 2.78 bits per heavy atom. The van der Waals surface area contributed by atoms with E-state index in [4.69, 9.17) is 22.3 Å². The SMILES string of the molecule is C[C@H](Nc1ncnc(N)c1C#Cc1ccc(F)cn1)c1nc2cccc(Cl)c2c(=O)n1-c1ccn[nH]1. The fraction of sp³-hybridized carbons (Fsp3) is 0.0833. The summed E-state index contributed by atoms with van der Waals surface area (Å²) < 4.78 is 14.6. The summed E-state index contributed by atoms with van der Waals surface area (Å²) in [6, 6.07) is 8.88. The maximum atomic E-state index is 13.5. The molecular weight excluding hydrogens is 485 g/mol. The van der Waals surface area contributed by atoms with E-state index in [9.17, 15) is 9.18 Å². The molecule has 1 atom stereocenters. The maximum absolute atomic E-state index is 13.5. The largest absolute Gasteiger partial charge is 0.382 e. The second kappa shape index (κ2) is 9.44. The zero-order valence-electron chi connectivity index (χ0n) is 18.7. The number of benzene rings is 1. The summed E-state index contributed by atoms with van der Waals surface area (Å²) in [5.41, 5.74) is 6.82. The molecule has 0 spiro atoms. The number of halogens is 2. The van der Waals surface area contributed by atoms with Gasteiger partial charge in [-0.05, 0) is 37.1 Å². The molecule has 178 valence electrons. The Labute approximate surface area is 208 Å². The lowest BCUT2D eigenvalue weighted by molar-refractivity contribution is 0.621. The monoisotopic (exact) mass is 501 g/mol. The van der Waals surface area contributed by atoms with Gasteiger partial charge >= 0.3 is 0 Å². The standard InChI is InChI=1S/C24H17ClFN9O/c1-13(32-22-16(21(27)29-12-30-22)8-7-15-6-5-14(26)11-28-15)23-33-18-4-2-3-17(25)20(18)24(36)35(23)19-9-10-31-34-19/h2-6,9-13H,1H3,(H,31,34)(H3,27,29,30,32)/t13-/m0/s1. The van der Waals surface area contributed by atoms with Crippen molar-refractivity contribution in [1.29, 1.82) is 0 Å². The fourth-order valence-electron chi connectivity index (χ4n) is 3.58. The van der Waals surface area contributed by atoms with Gasteiger partial charge in [-0.1, -0.05) is 23.6 Å². The molecule has 4 N–H and O–H groups in total. The Morgan fingerprint density at radius 2 is 2.03 bits per heavy atom. The van der Waals surface area contributed by atoms with Crippen LogP contribution < -0.4 is 16.6 Å². The normalized spacial score (nSPS) is 11.6. The molecule has 12 heteroatoms. The Hall–Kier alpha value is -4.82. The average Bonchev–Trinajstić information content (AvgIpc) is 3.39. The van der Waals surface area contributed by atoms with Crippen LogP contribution in [0.4, 0.5) is 16.0 Å². The van der Waals surface area contributed by atoms with Crippen molar-refractivity contribution in [2.24, 2.45) is 0 Å². The minimum atomic E-state index is -0.553. The summed E-state index contributed by atoms with van der Waals surface area (Å²) in [6.07, 6.45) is 3.90. The smallest absolute Gasteiger partial charge is 0.268 e.